The Kier molecular flexibility index (Phi) is 5.59. The summed E-state index contributed by atoms with van der Waals surface area (Å²) in [6, 6.07) is 11.7. The number of halogens is 1. The van der Waals surface area contributed by atoms with Gasteiger partial charge in [-0.1, -0.05) is 59.0 Å². The molecule has 1 atom stereocenters. The first-order chi connectivity index (χ1) is 16.0. The topological polar surface area (TPSA) is 85.5 Å². The highest BCUT2D eigenvalue weighted by atomic mass is 79.9. The maximum absolute atomic E-state index is 13.7. The molecule has 2 aromatic carbocycles. The lowest BCUT2D eigenvalue weighted by Gasteiger charge is -2.22. The van der Waals surface area contributed by atoms with Crippen molar-refractivity contribution in [2.75, 3.05) is 11.5 Å². The number of aromatic nitrogens is 2. The number of anilines is 1. The molecule has 5 rings (SSSR count). The van der Waals surface area contributed by atoms with Crippen molar-refractivity contribution >= 4 is 49.3 Å². The van der Waals surface area contributed by atoms with Gasteiger partial charge in [0.1, 0.15) is 22.9 Å². The van der Waals surface area contributed by atoms with Crippen molar-refractivity contribution in [2.45, 2.75) is 19.4 Å². The van der Waals surface area contributed by atoms with E-state index in [1.807, 2.05) is 31.2 Å². The van der Waals surface area contributed by atoms with E-state index in [1.165, 1.54) is 16.2 Å². The Balaban J connectivity index is 1.75. The normalized spacial score (nSPS) is 15.2. The zero-order chi connectivity index (χ0) is 23.1. The number of rotatable bonds is 6. The van der Waals surface area contributed by atoms with Crippen molar-refractivity contribution in [2.24, 2.45) is 0 Å². The second-order valence-electron chi connectivity index (χ2n) is 7.40. The molecule has 0 spiro atoms. The van der Waals surface area contributed by atoms with E-state index in [9.17, 15) is 9.59 Å². The molecule has 0 N–H and O–H groups in total. The predicted octanol–water partition coefficient (Wildman–Crippen LogP) is 5.28. The van der Waals surface area contributed by atoms with Crippen LogP contribution in [0.2, 0.25) is 0 Å². The van der Waals surface area contributed by atoms with E-state index in [-0.39, 0.29) is 16.8 Å². The van der Waals surface area contributed by atoms with Crippen LogP contribution < -0.4 is 15.1 Å². The van der Waals surface area contributed by atoms with Crippen LogP contribution in [0.1, 0.15) is 39.7 Å². The lowest BCUT2D eigenvalue weighted by molar-refractivity contribution is 0.0970. The summed E-state index contributed by atoms with van der Waals surface area (Å²) in [5.74, 6) is 0.200. The SMILES string of the molecule is C=CCOc1cccc(C2c3c(oc4ccc(Br)cc4c3=O)C(=O)N2c2nnc(CC)s2)c1. The van der Waals surface area contributed by atoms with Gasteiger partial charge in [0.05, 0.1) is 17.0 Å². The maximum Gasteiger partial charge on any atom is 0.297 e. The van der Waals surface area contributed by atoms with Gasteiger partial charge < -0.3 is 9.15 Å². The summed E-state index contributed by atoms with van der Waals surface area (Å²) in [4.78, 5) is 28.7. The number of hydrogen-bond donors (Lipinski definition) is 0. The van der Waals surface area contributed by atoms with Gasteiger partial charge in [-0.2, -0.15) is 0 Å². The van der Waals surface area contributed by atoms with Gasteiger partial charge in [-0.25, -0.2) is 0 Å². The third-order valence-corrected chi connectivity index (χ3v) is 6.90. The van der Waals surface area contributed by atoms with Crippen LogP contribution >= 0.6 is 27.3 Å². The van der Waals surface area contributed by atoms with Crippen molar-refractivity contribution in [1.29, 1.82) is 0 Å². The van der Waals surface area contributed by atoms with E-state index >= 15 is 0 Å². The van der Waals surface area contributed by atoms with Gasteiger partial charge in [-0.15, -0.1) is 10.2 Å². The van der Waals surface area contributed by atoms with Crippen LogP contribution in [-0.4, -0.2) is 22.7 Å². The number of amides is 1. The molecule has 3 heterocycles. The first-order valence-electron chi connectivity index (χ1n) is 10.3. The fourth-order valence-corrected chi connectivity index (χ4v) is 5.04. The van der Waals surface area contributed by atoms with Crippen LogP contribution in [0, 0.1) is 0 Å². The van der Waals surface area contributed by atoms with Crippen LogP contribution in [0.3, 0.4) is 0 Å². The van der Waals surface area contributed by atoms with E-state index < -0.39 is 11.9 Å². The molecular formula is C24H18BrN3O4S. The number of carbonyl (C=O) groups is 1. The molecule has 4 aromatic rings. The molecule has 1 aliphatic rings. The van der Waals surface area contributed by atoms with E-state index in [2.05, 4.69) is 32.7 Å². The molecule has 0 fully saturated rings. The molecule has 1 unspecified atom stereocenters. The number of aryl methyl sites for hydroxylation is 1. The summed E-state index contributed by atoms with van der Waals surface area (Å²) in [7, 11) is 0. The zero-order valence-electron chi connectivity index (χ0n) is 17.6. The molecule has 0 aliphatic carbocycles. The summed E-state index contributed by atoms with van der Waals surface area (Å²) >= 11 is 4.73. The van der Waals surface area contributed by atoms with Gasteiger partial charge in [0.15, 0.2) is 5.43 Å². The smallest absolute Gasteiger partial charge is 0.297 e. The Bertz CT molecular complexity index is 1460. The zero-order valence-corrected chi connectivity index (χ0v) is 20.0. The molecule has 1 aliphatic heterocycles. The van der Waals surface area contributed by atoms with Crippen LogP contribution in [0.5, 0.6) is 5.75 Å². The van der Waals surface area contributed by atoms with Gasteiger partial charge in [0.25, 0.3) is 5.91 Å². The lowest BCUT2D eigenvalue weighted by atomic mass is 9.98. The first-order valence-corrected chi connectivity index (χ1v) is 11.9. The number of carbonyl (C=O) groups excluding carboxylic acids is 1. The highest BCUT2D eigenvalue weighted by molar-refractivity contribution is 9.10. The van der Waals surface area contributed by atoms with Crippen molar-refractivity contribution < 1.29 is 13.9 Å². The maximum atomic E-state index is 13.7. The minimum atomic E-state index is -0.725. The summed E-state index contributed by atoms with van der Waals surface area (Å²) in [5, 5.41) is 10.0. The summed E-state index contributed by atoms with van der Waals surface area (Å²) in [6.07, 6.45) is 2.34. The number of ether oxygens (including phenoxy) is 1. The monoisotopic (exact) mass is 523 g/mol. The van der Waals surface area contributed by atoms with Crippen LogP contribution in [0.15, 0.2) is 68.8 Å². The molecule has 9 heteroatoms. The molecule has 0 saturated heterocycles. The number of benzene rings is 2. The quantitative estimate of drug-likeness (QED) is 0.319. The minimum absolute atomic E-state index is 0.0190. The number of fused-ring (bicyclic) bond motifs is 2. The second-order valence-corrected chi connectivity index (χ2v) is 9.35. The van der Waals surface area contributed by atoms with Crippen LogP contribution in [0.4, 0.5) is 5.13 Å². The van der Waals surface area contributed by atoms with Gasteiger partial charge >= 0.3 is 0 Å². The number of nitrogens with zero attached hydrogens (tertiary/aromatic N) is 3. The molecule has 0 radical (unpaired) electrons. The molecule has 33 heavy (non-hydrogen) atoms. The van der Waals surface area contributed by atoms with E-state index in [0.29, 0.717) is 40.4 Å². The largest absolute Gasteiger partial charge is 0.490 e. The average Bonchev–Trinajstić information content (AvgIpc) is 3.41. The Morgan fingerprint density at radius 2 is 2.09 bits per heavy atom. The van der Waals surface area contributed by atoms with Crippen molar-refractivity contribution in [3.63, 3.8) is 0 Å². The Morgan fingerprint density at radius 3 is 2.85 bits per heavy atom. The molecular weight excluding hydrogens is 506 g/mol. The number of hydrogen-bond acceptors (Lipinski definition) is 7. The van der Waals surface area contributed by atoms with E-state index in [1.54, 1.807) is 24.3 Å². The molecule has 7 nitrogen and oxygen atoms in total. The molecule has 0 bridgehead atoms. The Hall–Kier alpha value is -3.30. The Morgan fingerprint density at radius 1 is 1.24 bits per heavy atom. The third kappa shape index (κ3) is 3.67. The first kappa shape index (κ1) is 21.5. The average molecular weight is 524 g/mol. The highest BCUT2D eigenvalue weighted by Crippen LogP contribution is 2.42. The van der Waals surface area contributed by atoms with Crippen LogP contribution in [-0.2, 0) is 6.42 Å². The summed E-state index contributed by atoms with van der Waals surface area (Å²) in [6.45, 7) is 5.98. The Labute approximate surface area is 201 Å². The molecule has 0 saturated carbocycles. The predicted molar refractivity (Wildman–Crippen MR) is 130 cm³/mol. The molecule has 166 valence electrons. The second kappa shape index (κ2) is 8.57. The fraction of sp³-hybridized carbons (Fsp3) is 0.167. The van der Waals surface area contributed by atoms with Gasteiger partial charge in [0.2, 0.25) is 10.9 Å². The lowest BCUT2D eigenvalue weighted by Crippen LogP contribution is -2.29. The minimum Gasteiger partial charge on any atom is -0.490 e. The van der Waals surface area contributed by atoms with Gasteiger partial charge in [-0.05, 0) is 42.3 Å². The van der Waals surface area contributed by atoms with Crippen molar-refractivity contribution in [3.05, 3.63) is 91.7 Å². The fourth-order valence-electron chi connectivity index (χ4n) is 3.87. The van der Waals surface area contributed by atoms with E-state index in [4.69, 9.17) is 9.15 Å². The third-order valence-electron chi connectivity index (χ3n) is 5.34. The van der Waals surface area contributed by atoms with Crippen LogP contribution in [0.25, 0.3) is 11.0 Å². The van der Waals surface area contributed by atoms with Gasteiger partial charge in [-0.3, -0.25) is 14.5 Å². The van der Waals surface area contributed by atoms with Crippen molar-refractivity contribution in [3.8, 4) is 5.75 Å². The highest BCUT2D eigenvalue weighted by Gasteiger charge is 2.45. The van der Waals surface area contributed by atoms with Crippen molar-refractivity contribution in [1.82, 2.24) is 10.2 Å². The summed E-state index contributed by atoms with van der Waals surface area (Å²) < 4.78 is 12.4. The summed E-state index contributed by atoms with van der Waals surface area (Å²) in [5.41, 5.74) is 1.08. The molecule has 1 amide bonds. The molecule has 2 aromatic heterocycles. The van der Waals surface area contributed by atoms with E-state index in [0.717, 1.165) is 9.48 Å². The van der Waals surface area contributed by atoms with Gasteiger partial charge in [0, 0.05) is 4.47 Å². The standard InChI is InChI=1S/C24H18BrN3O4S/c1-3-10-31-15-7-5-6-13(11-15)20-19-21(29)16-12-14(25)8-9-17(16)32-22(19)23(30)28(20)24-27-26-18(4-2)33-24/h3,5-9,11-12,20H,1,4,10H2,2H3.